The van der Waals surface area contributed by atoms with E-state index in [0.717, 1.165) is 6.26 Å². The van der Waals surface area contributed by atoms with Gasteiger partial charge in [-0.25, -0.2) is 17.8 Å². The molecule has 4 rings (SSSR count). The lowest BCUT2D eigenvalue weighted by molar-refractivity contribution is -0.131. The Kier molecular flexibility index (Phi) is 8.29. The minimum absolute atomic E-state index is 0.0364. The molecule has 1 unspecified atom stereocenters. The summed E-state index contributed by atoms with van der Waals surface area (Å²) in [6.07, 6.45) is 1.06. The number of para-hydroxylation sites is 1. The van der Waals surface area contributed by atoms with Crippen molar-refractivity contribution < 1.29 is 27.1 Å². The van der Waals surface area contributed by atoms with Crippen molar-refractivity contribution in [2.24, 2.45) is 10.7 Å². The molecule has 0 fully saturated rings. The van der Waals surface area contributed by atoms with Crippen molar-refractivity contribution in [3.8, 4) is 5.75 Å². The van der Waals surface area contributed by atoms with Crippen LogP contribution in [-0.4, -0.2) is 55.0 Å². The van der Waals surface area contributed by atoms with Crippen LogP contribution in [0.2, 0.25) is 0 Å². The lowest BCUT2D eigenvalue weighted by Gasteiger charge is -2.40. The van der Waals surface area contributed by atoms with Crippen molar-refractivity contribution in [2.45, 2.75) is 69.9 Å². The van der Waals surface area contributed by atoms with Gasteiger partial charge in [-0.2, -0.15) is 0 Å². The molecule has 0 spiro atoms. The molecule has 0 aromatic heterocycles. The summed E-state index contributed by atoms with van der Waals surface area (Å²) in [7, 11) is -3.36. The molecule has 0 saturated heterocycles. The molecule has 3 N–H and O–H groups in total. The number of nitrogens with one attached hydrogen (secondary N) is 1. The van der Waals surface area contributed by atoms with Crippen LogP contribution in [0.15, 0.2) is 53.5 Å². The number of carbonyl (C=O) groups is 2. The number of benzene rings is 2. The number of aliphatic imine (C=N–C) groups is 1. The number of nitrogens with zero attached hydrogens (tertiary/aromatic N) is 2. The fourth-order valence-electron chi connectivity index (χ4n) is 5.23. The molecule has 3 atom stereocenters. The van der Waals surface area contributed by atoms with Crippen molar-refractivity contribution in [1.29, 1.82) is 0 Å². The van der Waals surface area contributed by atoms with Crippen LogP contribution in [0.5, 0.6) is 5.75 Å². The molecule has 2 aromatic carbocycles. The summed E-state index contributed by atoms with van der Waals surface area (Å²) in [5, 5.41) is 2.88. The zero-order valence-corrected chi connectivity index (χ0v) is 23.2. The first-order valence-electron chi connectivity index (χ1n) is 13.1. The second kappa shape index (κ2) is 11.3. The molecule has 2 amide bonds. The Morgan fingerprint density at radius 3 is 2.62 bits per heavy atom. The van der Waals surface area contributed by atoms with Crippen molar-refractivity contribution in [3.63, 3.8) is 0 Å². The van der Waals surface area contributed by atoms with Gasteiger partial charge < -0.3 is 15.8 Å². The molecule has 2 heterocycles. The molecular weight excluding hydrogens is 523 g/mol. The van der Waals surface area contributed by atoms with E-state index in [0.29, 0.717) is 29.7 Å². The van der Waals surface area contributed by atoms with E-state index in [1.165, 1.54) is 4.90 Å². The van der Waals surface area contributed by atoms with Gasteiger partial charge in [0.1, 0.15) is 15.6 Å². The number of halogens is 1. The molecule has 0 radical (unpaired) electrons. The fraction of sp³-hybridized carbons (Fsp3) is 0.464. The quantitative estimate of drug-likeness (QED) is 0.481. The Balaban J connectivity index is 1.65. The van der Waals surface area contributed by atoms with Crippen LogP contribution in [0, 0.1) is 0 Å². The maximum Gasteiger partial charge on any atom is 0.251 e. The van der Waals surface area contributed by atoms with E-state index >= 15 is 0 Å². The zero-order valence-electron chi connectivity index (χ0n) is 22.4. The van der Waals surface area contributed by atoms with E-state index < -0.39 is 39.7 Å². The van der Waals surface area contributed by atoms with Gasteiger partial charge in [0.2, 0.25) is 12.3 Å². The van der Waals surface area contributed by atoms with E-state index in [-0.39, 0.29) is 42.4 Å². The van der Waals surface area contributed by atoms with Crippen molar-refractivity contribution in [3.05, 3.63) is 65.2 Å². The fourth-order valence-corrected chi connectivity index (χ4v) is 5.88. The number of amides is 2. The first-order valence-corrected chi connectivity index (χ1v) is 15.2. The maximum atomic E-state index is 14.2. The van der Waals surface area contributed by atoms with Crippen LogP contribution in [0.4, 0.5) is 4.39 Å². The highest BCUT2D eigenvalue weighted by molar-refractivity contribution is 7.90. The lowest BCUT2D eigenvalue weighted by Crippen LogP contribution is -2.52. The largest absolute Gasteiger partial charge is 0.460 e. The maximum absolute atomic E-state index is 14.2. The highest BCUT2D eigenvalue weighted by Gasteiger charge is 2.40. The first-order chi connectivity index (χ1) is 18.4. The summed E-state index contributed by atoms with van der Waals surface area (Å²) in [6.45, 7) is 3.91. The number of ether oxygens (including phenoxy) is 1. The van der Waals surface area contributed by atoms with Crippen LogP contribution >= 0.6 is 0 Å². The number of nitrogens with two attached hydrogens (primary N) is 1. The smallest absolute Gasteiger partial charge is 0.251 e. The van der Waals surface area contributed by atoms with Gasteiger partial charge in [0, 0.05) is 23.8 Å². The topological polar surface area (TPSA) is 131 Å². The van der Waals surface area contributed by atoms with Gasteiger partial charge in [-0.05, 0) is 43.0 Å². The Morgan fingerprint density at radius 2 is 1.95 bits per heavy atom. The number of guanidine groups is 1. The van der Waals surface area contributed by atoms with Crippen molar-refractivity contribution in [2.75, 3.05) is 12.0 Å². The second-order valence-electron chi connectivity index (χ2n) is 10.2. The first kappa shape index (κ1) is 28.5. The molecule has 9 nitrogen and oxygen atoms in total. The van der Waals surface area contributed by atoms with Gasteiger partial charge >= 0.3 is 0 Å². The third-order valence-corrected chi connectivity index (χ3v) is 8.52. The SMILES string of the molecule is CCC1(CC)CC(=O)N([C@H](CCS(C)(=O)=O)c2cccc(C(=O)N[C@H]3CC(F)Oc4ccccc43)c2)C(N)=N1. The third kappa shape index (κ3) is 6.41. The number of carbonyl (C=O) groups excluding carboxylic acids is 2. The summed E-state index contributed by atoms with van der Waals surface area (Å²) >= 11 is 0. The minimum atomic E-state index is -3.36. The van der Waals surface area contributed by atoms with Crippen LogP contribution in [0.1, 0.15) is 79.5 Å². The Morgan fingerprint density at radius 1 is 1.23 bits per heavy atom. The lowest BCUT2D eigenvalue weighted by atomic mass is 9.87. The van der Waals surface area contributed by atoms with E-state index in [1.54, 1.807) is 48.5 Å². The summed E-state index contributed by atoms with van der Waals surface area (Å²) in [5.74, 6) is -0.447. The van der Waals surface area contributed by atoms with E-state index in [9.17, 15) is 22.4 Å². The van der Waals surface area contributed by atoms with Crippen LogP contribution in [0.3, 0.4) is 0 Å². The highest BCUT2D eigenvalue weighted by atomic mass is 32.2. The number of fused-ring (bicyclic) bond motifs is 1. The van der Waals surface area contributed by atoms with E-state index in [2.05, 4.69) is 10.3 Å². The van der Waals surface area contributed by atoms with Crippen LogP contribution in [-0.2, 0) is 14.6 Å². The highest BCUT2D eigenvalue weighted by Crippen LogP contribution is 2.36. The second-order valence-corrected chi connectivity index (χ2v) is 12.5. The summed E-state index contributed by atoms with van der Waals surface area (Å²) in [5.41, 5.74) is 7.26. The van der Waals surface area contributed by atoms with Gasteiger partial charge in [-0.3, -0.25) is 14.5 Å². The number of sulfone groups is 1. The predicted octanol–water partition coefficient (Wildman–Crippen LogP) is 3.82. The predicted molar refractivity (Wildman–Crippen MR) is 147 cm³/mol. The summed E-state index contributed by atoms with van der Waals surface area (Å²) in [6, 6.07) is 12.2. The van der Waals surface area contributed by atoms with Crippen molar-refractivity contribution >= 4 is 27.6 Å². The number of alkyl halides is 1. The summed E-state index contributed by atoms with van der Waals surface area (Å²) in [4.78, 5) is 32.7. The third-order valence-electron chi connectivity index (χ3n) is 7.55. The molecule has 210 valence electrons. The van der Waals surface area contributed by atoms with E-state index in [4.69, 9.17) is 10.5 Å². The van der Waals surface area contributed by atoms with Gasteiger partial charge in [0.25, 0.3) is 5.91 Å². The summed E-state index contributed by atoms with van der Waals surface area (Å²) < 4.78 is 43.6. The Labute approximate surface area is 228 Å². The van der Waals surface area contributed by atoms with Crippen molar-refractivity contribution in [1.82, 2.24) is 10.2 Å². The molecule has 2 aliphatic rings. The average molecular weight is 559 g/mol. The molecule has 11 heteroatoms. The molecule has 2 aromatic rings. The Hall–Kier alpha value is -3.47. The zero-order chi connectivity index (χ0) is 28.4. The molecular formula is C28H35FN4O5S. The van der Waals surface area contributed by atoms with Crippen LogP contribution in [0.25, 0.3) is 0 Å². The van der Waals surface area contributed by atoms with Gasteiger partial charge in [-0.1, -0.05) is 44.2 Å². The van der Waals surface area contributed by atoms with Gasteiger partial charge in [0.05, 0.1) is 29.8 Å². The molecule has 2 aliphatic heterocycles. The normalized spacial score (nSPS) is 21.4. The average Bonchev–Trinajstić information content (AvgIpc) is 2.89. The van der Waals surface area contributed by atoms with E-state index in [1.807, 2.05) is 13.8 Å². The number of hydrogen-bond donors (Lipinski definition) is 2. The Bertz CT molecular complexity index is 1380. The monoisotopic (exact) mass is 558 g/mol. The molecule has 0 bridgehead atoms. The molecule has 39 heavy (non-hydrogen) atoms. The minimum Gasteiger partial charge on any atom is -0.460 e. The van der Waals surface area contributed by atoms with Gasteiger partial charge in [-0.15, -0.1) is 0 Å². The standard InChI is InChI=1S/C28H35FN4O5S/c1-4-28(5-2)17-25(34)33(27(30)32-28)22(13-14-39(3,36)37)18-9-8-10-19(15-18)26(35)31-21-16-24(29)38-23-12-7-6-11-20(21)23/h6-12,15,21-22,24H,4-5,13-14,16-17H2,1-3H3,(H2,30,32)(H,31,35)/t21-,22+,24?/m0/s1. The van der Waals surface area contributed by atoms with Crippen LogP contribution < -0.4 is 15.8 Å². The number of hydrogen-bond acceptors (Lipinski definition) is 7. The number of rotatable bonds is 9. The van der Waals surface area contributed by atoms with Gasteiger partial charge in [0.15, 0.2) is 5.96 Å². The molecule has 0 saturated carbocycles. The molecule has 0 aliphatic carbocycles.